The monoisotopic (exact) mass is 333 g/mol. The van der Waals surface area contributed by atoms with Gasteiger partial charge < -0.3 is 9.64 Å². The van der Waals surface area contributed by atoms with Crippen LogP contribution < -0.4 is 4.90 Å². The summed E-state index contributed by atoms with van der Waals surface area (Å²) in [6.07, 6.45) is 1.10. The molecule has 0 spiro atoms. The Morgan fingerprint density at radius 2 is 1.73 bits per heavy atom. The summed E-state index contributed by atoms with van der Waals surface area (Å²) in [5, 5.41) is 0. The Morgan fingerprint density at radius 1 is 1.00 bits per heavy atom. The Bertz CT molecular complexity index is 315. The van der Waals surface area contributed by atoms with Crippen molar-refractivity contribution >= 4 is 37.5 Å². The fourth-order valence-electron chi connectivity index (χ4n) is 1.73. The van der Waals surface area contributed by atoms with E-state index in [2.05, 4.69) is 55.0 Å². The summed E-state index contributed by atoms with van der Waals surface area (Å²) >= 11 is 7.02. The second kappa shape index (κ2) is 5.32. The molecule has 0 unspecified atom stereocenters. The molecule has 2 nitrogen and oxygen atoms in total. The molecule has 82 valence electrons. The average molecular weight is 335 g/mol. The van der Waals surface area contributed by atoms with Crippen LogP contribution >= 0.6 is 31.9 Å². The number of benzene rings is 1. The van der Waals surface area contributed by atoms with Crippen molar-refractivity contribution in [3.63, 3.8) is 0 Å². The van der Waals surface area contributed by atoms with Crippen molar-refractivity contribution in [1.29, 1.82) is 0 Å². The first kappa shape index (κ1) is 11.4. The van der Waals surface area contributed by atoms with E-state index in [0.29, 0.717) is 0 Å². The van der Waals surface area contributed by atoms with Crippen LogP contribution in [0.4, 0.5) is 5.69 Å². The van der Waals surface area contributed by atoms with Gasteiger partial charge in [-0.15, -0.1) is 0 Å². The van der Waals surface area contributed by atoms with Gasteiger partial charge >= 0.3 is 0 Å². The highest BCUT2D eigenvalue weighted by Gasteiger charge is 2.10. The Labute approximate surface area is 107 Å². The van der Waals surface area contributed by atoms with Crippen LogP contribution in [-0.4, -0.2) is 26.3 Å². The molecule has 0 aromatic heterocycles. The normalized spacial score (nSPS) is 17.6. The smallest absolute Gasteiger partial charge is 0.0641 e. The number of rotatable bonds is 1. The Hall–Kier alpha value is -0.0600. The second-order valence-electron chi connectivity index (χ2n) is 3.58. The van der Waals surface area contributed by atoms with Crippen molar-refractivity contribution in [3.8, 4) is 0 Å². The van der Waals surface area contributed by atoms with Crippen LogP contribution in [0.25, 0.3) is 0 Å². The van der Waals surface area contributed by atoms with Crippen LogP contribution in [0.3, 0.4) is 0 Å². The number of hydrogen-bond donors (Lipinski definition) is 0. The minimum Gasteiger partial charge on any atom is -0.380 e. The summed E-state index contributed by atoms with van der Waals surface area (Å²) < 4.78 is 7.66. The van der Waals surface area contributed by atoms with Gasteiger partial charge in [0, 0.05) is 34.3 Å². The molecule has 1 fully saturated rings. The third-order valence-electron chi connectivity index (χ3n) is 2.43. The van der Waals surface area contributed by atoms with Gasteiger partial charge in [0.1, 0.15) is 0 Å². The lowest BCUT2D eigenvalue weighted by molar-refractivity contribution is 0.152. The van der Waals surface area contributed by atoms with E-state index in [-0.39, 0.29) is 0 Å². The molecule has 1 aliphatic rings. The molecule has 1 aliphatic heterocycles. The van der Waals surface area contributed by atoms with Gasteiger partial charge in [0.05, 0.1) is 6.61 Å². The minimum atomic E-state index is 0.824. The standard InChI is InChI=1S/C11H13Br2NO/c12-9-6-10(13)8-11(7-9)14-2-1-4-15-5-3-14/h6-8H,1-5H2. The predicted molar refractivity (Wildman–Crippen MR) is 69.5 cm³/mol. The number of nitrogens with zero attached hydrogens (tertiary/aromatic N) is 1. The van der Waals surface area contributed by atoms with Gasteiger partial charge in [-0.05, 0) is 24.6 Å². The van der Waals surface area contributed by atoms with Gasteiger partial charge in [0.25, 0.3) is 0 Å². The van der Waals surface area contributed by atoms with Gasteiger partial charge in [-0.2, -0.15) is 0 Å². The molecule has 1 heterocycles. The van der Waals surface area contributed by atoms with Crippen LogP contribution in [0.15, 0.2) is 27.1 Å². The van der Waals surface area contributed by atoms with Gasteiger partial charge in [-0.25, -0.2) is 0 Å². The Kier molecular flexibility index (Phi) is 4.05. The molecular weight excluding hydrogens is 322 g/mol. The van der Waals surface area contributed by atoms with Gasteiger partial charge in [0.15, 0.2) is 0 Å². The highest BCUT2D eigenvalue weighted by atomic mass is 79.9. The molecule has 1 aromatic rings. The molecule has 2 rings (SSSR count). The molecule has 1 saturated heterocycles. The average Bonchev–Trinajstić information content (AvgIpc) is 2.43. The van der Waals surface area contributed by atoms with Crippen molar-refractivity contribution in [3.05, 3.63) is 27.1 Å². The maximum absolute atomic E-state index is 5.44. The summed E-state index contributed by atoms with van der Waals surface area (Å²) in [5.41, 5.74) is 1.25. The molecule has 0 atom stereocenters. The highest BCUT2D eigenvalue weighted by molar-refractivity contribution is 9.11. The third kappa shape index (κ3) is 3.20. The Balaban J connectivity index is 2.19. The predicted octanol–water partition coefficient (Wildman–Crippen LogP) is 3.44. The first-order chi connectivity index (χ1) is 7.25. The van der Waals surface area contributed by atoms with E-state index in [1.807, 2.05) is 0 Å². The molecule has 0 bridgehead atoms. The van der Waals surface area contributed by atoms with Crippen LogP contribution in [0.2, 0.25) is 0 Å². The van der Waals surface area contributed by atoms with Crippen LogP contribution in [-0.2, 0) is 4.74 Å². The maximum Gasteiger partial charge on any atom is 0.0641 e. The first-order valence-electron chi connectivity index (χ1n) is 5.04. The zero-order valence-electron chi connectivity index (χ0n) is 8.38. The van der Waals surface area contributed by atoms with Gasteiger partial charge in [-0.1, -0.05) is 31.9 Å². The summed E-state index contributed by atoms with van der Waals surface area (Å²) in [5.74, 6) is 0. The lowest BCUT2D eigenvalue weighted by Gasteiger charge is -2.22. The number of anilines is 1. The van der Waals surface area contributed by atoms with Crippen molar-refractivity contribution in [2.75, 3.05) is 31.2 Å². The second-order valence-corrected chi connectivity index (χ2v) is 5.41. The van der Waals surface area contributed by atoms with Crippen molar-refractivity contribution in [2.45, 2.75) is 6.42 Å². The molecular formula is C11H13Br2NO. The molecule has 0 N–H and O–H groups in total. The topological polar surface area (TPSA) is 12.5 Å². The molecule has 0 radical (unpaired) electrons. The number of ether oxygens (including phenoxy) is 1. The van der Waals surface area contributed by atoms with E-state index in [4.69, 9.17) is 4.74 Å². The Morgan fingerprint density at radius 3 is 2.47 bits per heavy atom. The van der Waals surface area contributed by atoms with Crippen molar-refractivity contribution in [1.82, 2.24) is 0 Å². The van der Waals surface area contributed by atoms with E-state index >= 15 is 0 Å². The SMILES string of the molecule is Brc1cc(Br)cc(N2CCCOCC2)c1. The van der Waals surface area contributed by atoms with Gasteiger partial charge in [0.2, 0.25) is 0 Å². The first-order valence-corrected chi connectivity index (χ1v) is 6.63. The number of halogens is 2. The summed E-state index contributed by atoms with van der Waals surface area (Å²) in [6.45, 7) is 3.75. The summed E-state index contributed by atoms with van der Waals surface area (Å²) in [4.78, 5) is 2.36. The molecule has 4 heteroatoms. The largest absolute Gasteiger partial charge is 0.380 e. The van der Waals surface area contributed by atoms with E-state index in [1.54, 1.807) is 0 Å². The highest BCUT2D eigenvalue weighted by Crippen LogP contribution is 2.26. The lowest BCUT2D eigenvalue weighted by Crippen LogP contribution is -2.25. The zero-order chi connectivity index (χ0) is 10.7. The third-order valence-corrected chi connectivity index (χ3v) is 3.35. The summed E-state index contributed by atoms with van der Waals surface area (Å²) in [7, 11) is 0. The van der Waals surface area contributed by atoms with E-state index in [9.17, 15) is 0 Å². The zero-order valence-corrected chi connectivity index (χ0v) is 11.6. The van der Waals surface area contributed by atoms with E-state index in [0.717, 1.165) is 41.7 Å². The minimum absolute atomic E-state index is 0.824. The quantitative estimate of drug-likeness (QED) is 0.780. The summed E-state index contributed by atoms with van der Waals surface area (Å²) in [6, 6.07) is 6.35. The fraction of sp³-hybridized carbons (Fsp3) is 0.455. The van der Waals surface area contributed by atoms with Crippen LogP contribution in [0.1, 0.15) is 6.42 Å². The van der Waals surface area contributed by atoms with Crippen molar-refractivity contribution < 1.29 is 4.74 Å². The molecule has 0 amide bonds. The van der Waals surface area contributed by atoms with Crippen LogP contribution in [0.5, 0.6) is 0 Å². The maximum atomic E-state index is 5.44. The fourth-order valence-corrected chi connectivity index (χ4v) is 3.00. The van der Waals surface area contributed by atoms with Gasteiger partial charge in [-0.3, -0.25) is 0 Å². The molecule has 0 saturated carbocycles. The van der Waals surface area contributed by atoms with E-state index < -0.39 is 0 Å². The molecule has 15 heavy (non-hydrogen) atoms. The van der Waals surface area contributed by atoms with Crippen molar-refractivity contribution in [2.24, 2.45) is 0 Å². The molecule has 0 aliphatic carbocycles. The molecule has 1 aromatic carbocycles. The number of hydrogen-bond acceptors (Lipinski definition) is 2. The van der Waals surface area contributed by atoms with Crippen LogP contribution in [0, 0.1) is 0 Å². The lowest BCUT2D eigenvalue weighted by atomic mass is 10.2. The van der Waals surface area contributed by atoms with E-state index in [1.165, 1.54) is 5.69 Å².